The number of nitrogens with zero attached hydrogens (tertiary/aromatic N) is 2. The van der Waals surface area contributed by atoms with E-state index >= 15 is 0 Å². The first-order valence-electron chi connectivity index (χ1n) is 9.19. The topological polar surface area (TPSA) is 15.7 Å². The number of piperidine rings is 1. The quantitative estimate of drug-likeness (QED) is 0.757. The van der Waals surface area contributed by atoms with Crippen LogP contribution in [0.2, 0.25) is 0 Å². The molecule has 3 fully saturated rings. The van der Waals surface area contributed by atoms with Crippen molar-refractivity contribution in [2.75, 3.05) is 39.4 Å². The zero-order chi connectivity index (χ0) is 16.5. The molecule has 1 aliphatic carbocycles. The molecule has 3 aliphatic rings. The van der Waals surface area contributed by atoms with Crippen LogP contribution in [0.1, 0.15) is 24.8 Å². The summed E-state index contributed by atoms with van der Waals surface area (Å²) >= 11 is 0. The first-order valence-corrected chi connectivity index (χ1v) is 9.19. The normalized spacial score (nSPS) is 29.5. The van der Waals surface area contributed by atoms with Crippen LogP contribution in [0.3, 0.4) is 0 Å². The van der Waals surface area contributed by atoms with Gasteiger partial charge in [-0.15, -0.1) is 24.8 Å². The molecule has 1 saturated carbocycles. The molecule has 2 atom stereocenters. The molecule has 0 spiro atoms. The third kappa shape index (κ3) is 4.68. The fourth-order valence-electron chi connectivity index (χ4n) is 5.00. The molecule has 2 unspecified atom stereocenters. The highest BCUT2D eigenvalue weighted by Gasteiger charge is 2.42. The molecule has 0 aromatic heterocycles. The van der Waals surface area contributed by atoms with Gasteiger partial charge in [0.1, 0.15) is 0 Å². The summed E-state index contributed by atoms with van der Waals surface area (Å²) in [5.74, 6) is -0.112. The number of hydrogen-bond acceptors (Lipinski definition) is 3. The van der Waals surface area contributed by atoms with Gasteiger partial charge >= 0.3 is 0 Å². The van der Waals surface area contributed by atoms with Crippen molar-refractivity contribution in [2.45, 2.75) is 31.8 Å². The van der Waals surface area contributed by atoms with Crippen molar-refractivity contribution < 1.29 is 13.5 Å². The van der Waals surface area contributed by atoms with E-state index in [4.69, 9.17) is 4.74 Å². The van der Waals surface area contributed by atoms with Gasteiger partial charge in [-0.25, -0.2) is 8.78 Å². The van der Waals surface area contributed by atoms with Crippen LogP contribution in [0.4, 0.5) is 8.78 Å². The zero-order valence-electron chi connectivity index (χ0n) is 14.9. The molecule has 0 N–H and O–H groups in total. The Labute approximate surface area is 166 Å². The maximum Gasteiger partial charge on any atom is 0.159 e. The minimum Gasteiger partial charge on any atom is -0.379 e. The Bertz CT molecular complexity index is 573. The Hall–Kier alpha value is -0.460. The predicted molar refractivity (Wildman–Crippen MR) is 103 cm³/mol. The van der Waals surface area contributed by atoms with Crippen molar-refractivity contribution in [3.63, 3.8) is 0 Å². The molecule has 1 aromatic rings. The summed E-state index contributed by atoms with van der Waals surface area (Å²) in [6.07, 6.45) is 3.90. The molecule has 2 bridgehead atoms. The van der Waals surface area contributed by atoms with Crippen molar-refractivity contribution >= 4 is 24.8 Å². The molecule has 2 heterocycles. The maximum atomic E-state index is 13.5. The molecule has 26 heavy (non-hydrogen) atoms. The summed E-state index contributed by atoms with van der Waals surface area (Å²) in [6, 6.07) is 4.98. The Kier molecular flexibility index (Phi) is 8.10. The van der Waals surface area contributed by atoms with Gasteiger partial charge in [-0.3, -0.25) is 9.80 Å². The molecule has 0 amide bonds. The van der Waals surface area contributed by atoms with Gasteiger partial charge in [0, 0.05) is 38.8 Å². The van der Waals surface area contributed by atoms with Crippen LogP contribution in [-0.2, 0) is 11.3 Å². The minimum atomic E-state index is -0.762. The summed E-state index contributed by atoms with van der Waals surface area (Å²) in [4.78, 5) is 5.09. The number of rotatable bonds is 3. The number of halogens is 4. The van der Waals surface area contributed by atoms with E-state index in [-0.39, 0.29) is 24.8 Å². The molecule has 1 aromatic carbocycles. The summed E-state index contributed by atoms with van der Waals surface area (Å²) in [5, 5.41) is 0. The number of morpholine rings is 1. The molecule has 7 heteroatoms. The number of fused-ring (bicyclic) bond motifs is 2. The van der Waals surface area contributed by atoms with E-state index < -0.39 is 11.6 Å². The zero-order valence-corrected chi connectivity index (χ0v) is 16.5. The van der Waals surface area contributed by atoms with Crippen molar-refractivity contribution in [3.05, 3.63) is 35.4 Å². The Morgan fingerprint density at radius 3 is 2.23 bits per heavy atom. The highest BCUT2D eigenvalue weighted by molar-refractivity contribution is 5.85. The first kappa shape index (κ1) is 21.8. The van der Waals surface area contributed by atoms with Gasteiger partial charge in [0.2, 0.25) is 0 Å². The van der Waals surface area contributed by atoms with Gasteiger partial charge in [0.15, 0.2) is 11.6 Å². The monoisotopic (exact) mass is 408 g/mol. The van der Waals surface area contributed by atoms with Crippen molar-refractivity contribution in [2.24, 2.45) is 11.8 Å². The van der Waals surface area contributed by atoms with E-state index in [2.05, 4.69) is 9.80 Å². The molecular weight excluding hydrogens is 381 g/mol. The van der Waals surface area contributed by atoms with Gasteiger partial charge in [-0.1, -0.05) is 12.5 Å². The number of likely N-dealkylation sites (tertiary alicyclic amines) is 1. The third-order valence-electron chi connectivity index (χ3n) is 5.96. The van der Waals surface area contributed by atoms with E-state index in [0.717, 1.165) is 51.5 Å². The third-order valence-corrected chi connectivity index (χ3v) is 5.96. The fraction of sp³-hybridized carbons (Fsp3) is 0.684. The van der Waals surface area contributed by atoms with Crippen molar-refractivity contribution in [1.82, 2.24) is 9.80 Å². The van der Waals surface area contributed by atoms with Crippen LogP contribution in [0.25, 0.3) is 0 Å². The van der Waals surface area contributed by atoms with E-state index in [1.165, 1.54) is 31.4 Å². The lowest BCUT2D eigenvalue weighted by atomic mass is 9.72. The Balaban J connectivity index is 0.00000121. The molecular formula is C19H28Cl2F2N2O. The highest BCUT2D eigenvalue weighted by atomic mass is 35.5. The van der Waals surface area contributed by atoms with Gasteiger partial charge in [-0.2, -0.15) is 0 Å². The molecule has 3 nitrogen and oxygen atoms in total. The van der Waals surface area contributed by atoms with Crippen LogP contribution in [-0.4, -0.2) is 55.2 Å². The van der Waals surface area contributed by atoms with Crippen LogP contribution >= 0.6 is 24.8 Å². The second kappa shape index (κ2) is 9.65. The smallest absolute Gasteiger partial charge is 0.159 e. The number of benzene rings is 1. The van der Waals surface area contributed by atoms with Crippen molar-refractivity contribution in [3.8, 4) is 0 Å². The standard InChI is InChI=1S/C19H26F2N2O.2ClH/c20-17-5-4-14(10-18(17)21)11-22-12-15-2-1-3-16(13-22)19(15)23-6-8-24-9-7-23;;/h4-5,10,15-16,19H,1-3,6-9,11-13H2;2*1H. The fourth-order valence-corrected chi connectivity index (χ4v) is 5.00. The average Bonchev–Trinajstić information content (AvgIpc) is 2.58. The largest absolute Gasteiger partial charge is 0.379 e. The van der Waals surface area contributed by atoms with Crippen LogP contribution < -0.4 is 0 Å². The second-order valence-electron chi connectivity index (χ2n) is 7.53. The van der Waals surface area contributed by atoms with Crippen LogP contribution in [0, 0.1) is 23.5 Å². The minimum absolute atomic E-state index is 0. The van der Waals surface area contributed by atoms with E-state index in [0.29, 0.717) is 17.9 Å². The molecule has 0 radical (unpaired) electrons. The van der Waals surface area contributed by atoms with Gasteiger partial charge in [-0.05, 0) is 42.4 Å². The second-order valence-corrected chi connectivity index (χ2v) is 7.53. The molecule has 4 rings (SSSR count). The maximum absolute atomic E-state index is 13.5. The van der Waals surface area contributed by atoms with Gasteiger partial charge in [0.05, 0.1) is 13.2 Å². The first-order chi connectivity index (χ1) is 11.7. The van der Waals surface area contributed by atoms with Gasteiger partial charge < -0.3 is 4.74 Å². The van der Waals surface area contributed by atoms with E-state index in [9.17, 15) is 8.78 Å². The van der Waals surface area contributed by atoms with Crippen LogP contribution in [0.15, 0.2) is 18.2 Å². The van der Waals surface area contributed by atoms with Gasteiger partial charge in [0.25, 0.3) is 0 Å². The van der Waals surface area contributed by atoms with E-state index in [1.807, 2.05) is 0 Å². The summed E-state index contributed by atoms with van der Waals surface area (Å²) < 4.78 is 32.1. The summed E-state index contributed by atoms with van der Waals surface area (Å²) in [7, 11) is 0. The Morgan fingerprint density at radius 1 is 0.962 bits per heavy atom. The Morgan fingerprint density at radius 2 is 1.62 bits per heavy atom. The average molecular weight is 409 g/mol. The van der Waals surface area contributed by atoms with E-state index in [1.54, 1.807) is 6.07 Å². The summed E-state index contributed by atoms with van der Waals surface area (Å²) in [6.45, 7) is 6.68. The van der Waals surface area contributed by atoms with Crippen LogP contribution in [0.5, 0.6) is 0 Å². The number of ether oxygens (including phenoxy) is 1. The summed E-state index contributed by atoms with van der Waals surface area (Å²) in [5.41, 5.74) is 0.872. The molecule has 148 valence electrons. The lowest BCUT2D eigenvalue weighted by Crippen LogP contribution is -2.59. The predicted octanol–water partition coefficient (Wildman–Crippen LogP) is 3.74. The van der Waals surface area contributed by atoms with Crippen molar-refractivity contribution in [1.29, 1.82) is 0 Å². The lowest BCUT2D eigenvalue weighted by Gasteiger charge is -2.52. The molecule has 2 aliphatic heterocycles. The SMILES string of the molecule is Cl.Cl.Fc1ccc(CN2CC3CCCC(C2)C3N2CCOCC2)cc1F. The number of hydrogen-bond donors (Lipinski definition) is 0. The highest BCUT2D eigenvalue weighted by Crippen LogP contribution is 2.38. The molecule has 2 saturated heterocycles. The lowest BCUT2D eigenvalue weighted by molar-refractivity contribution is -0.0623.